The highest BCUT2D eigenvalue weighted by Crippen LogP contribution is 2.18. The van der Waals surface area contributed by atoms with E-state index in [1.54, 1.807) is 14.0 Å². The second-order valence-corrected chi connectivity index (χ2v) is 7.55. The molecule has 1 atom stereocenters. The number of likely N-dealkylation sites (tertiary alicyclic amines) is 1. The molecule has 1 aliphatic heterocycles. The number of carboxylic acid groups (broad SMARTS) is 1. The molecule has 0 aliphatic carbocycles. The zero-order valence-corrected chi connectivity index (χ0v) is 16.1. The molecule has 0 spiro atoms. The Bertz CT molecular complexity index is 595. The highest BCUT2D eigenvalue weighted by atomic mass is 16.4. The maximum absolute atomic E-state index is 12.0. The Hall–Kier alpha value is -2.08. The van der Waals surface area contributed by atoms with Gasteiger partial charge in [-0.1, -0.05) is 38.1 Å². The summed E-state index contributed by atoms with van der Waals surface area (Å²) < 4.78 is 0. The van der Waals surface area contributed by atoms with Gasteiger partial charge in [-0.25, -0.2) is 4.79 Å². The van der Waals surface area contributed by atoms with Gasteiger partial charge in [-0.05, 0) is 43.0 Å². The van der Waals surface area contributed by atoms with Gasteiger partial charge < -0.3 is 15.3 Å². The van der Waals surface area contributed by atoms with E-state index in [-0.39, 0.29) is 12.6 Å². The summed E-state index contributed by atoms with van der Waals surface area (Å²) in [7, 11) is 1.61. The summed E-state index contributed by atoms with van der Waals surface area (Å²) in [5, 5.41) is 11.7. The predicted octanol–water partition coefficient (Wildman–Crippen LogP) is 2.78. The number of piperidine rings is 1. The van der Waals surface area contributed by atoms with E-state index in [2.05, 4.69) is 29.3 Å². The van der Waals surface area contributed by atoms with Gasteiger partial charge in [-0.15, -0.1) is 0 Å². The van der Waals surface area contributed by atoms with Crippen molar-refractivity contribution in [3.63, 3.8) is 0 Å². The van der Waals surface area contributed by atoms with Crippen LogP contribution in [-0.4, -0.2) is 53.6 Å². The van der Waals surface area contributed by atoms with Crippen molar-refractivity contribution >= 4 is 12.0 Å². The van der Waals surface area contributed by atoms with Crippen molar-refractivity contribution in [2.45, 2.75) is 39.8 Å². The van der Waals surface area contributed by atoms with Gasteiger partial charge in [0.1, 0.15) is 0 Å². The van der Waals surface area contributed by atoms with Crippen molar-refractivity contribution in [2.75, 3.05) is 26.7 Å². The summed E-state index contributed by atoms with van der Waals surface area (Å²) in [5.74, 6) is -0.639. The van der Waals surface area contributed by atoms with E-state index < -0.39 is 11.9 Å². The molecular weight excluding hydrogens is 330 g/mol. The number of aliphatic carboxylic acids is 1. The standard InChI is InChI=1S/C20H31N3O3/c1-15-8-10-23(11-9-15)14-18-6-4-17(5-7-18)12-21-20(26)22(3)13-16(2)19(24)25/h4-7,15-16H,8-14H2,1-3H3,(H,21,26)(H,24,25). The number of carboxylic acids is 1. The monoisotopic (exact) mass is 361 g/mol. The first-order valence-corrected chi connectivity index (χ1v) is 9.37. The maximum atomic E-state index is 12.0. The molecule has 0 saturated carbocycles. The van der Waals surface area contributed by atoms with Gasteiger partial charge in [-0.2, -0.15) is 0 Å². The molecule has 144 valence electrons. The summed E-state index contributed by atoms with van der Waals surface area (Å²) >= 11 is 0. The van der Waals surface area contributed by atoms with Crippen LogP contribution in [0.3, 0.4) is 0 Å². The Morgan fingerprint density at radius 3 is 2.38 bits per heavy atom. The molecule has 1 aliphatic rings. The summed E-state index contributed by atoms with van der Waals surface area (Å²) in [6.07, 6.45) is 2.55. The van der Waals surface area contributed by atoms with Crippen molar-refractivity contribution < 1.29 is 14.7 Å². The molecule has 1 aromatic rings. The number of hydrogen-bond acceptors (Lipinski definition) is 3. The number of amides is 2. The maximum Gasteiger partial charge on any atom is 0.317 e. The topological polar surface area (TPSA) is 72.9 Å². The van der Waals surface area contributed by atoms with Gasteiger partial charge >= 0.3 is 12.0 Å². The average molecular weight is 361 g/mol. The lowest BCUT2D eigenvalue weighted by Crippen LogP contribution is -2.40. The third-order valence-corrected chi connectivity index (χ3v) is 5.07. The van der Waals surface area contributed by atoms with Crippen LogP contribution in [0.2, 0.25) is 0 Å². The molecule has 0 aromatic heterocycles. The number of urea groups is 1. The molecule has 1 heterocycles. The lowest BCUT2D eigenvalue weighted by molar-refractivity contribution is -0.141. The van der Waals surface area contributed by atoms with Crippen LogP contribution in [0.25, 0.3) is 0 Å². The Kier molecular flexibility index (Phi) is 7.45. The van der Waals surface area contributed by atoms with E-state index in [0.29, 0.717) is 6.54 Å². The third kappa shape index (κ3) is 6.33. The molecule has 6 heteroatoms. The number of nitrogens with one attached hydrogen (secondary N) is 1. The Labute approximate surface area is 156 Å². The van der Waals surface area contributed by atoms with Crippen LogP contribution in [-0.2, 0) is 17.9 Å². The fraction of sp³-hybridized carbons (Fsp3) is 0.600. The summed E-state index contributed by atoms with van der Waals surface area (Å²) in [6.45, 7) is 7.85. The Morgan fingerprint density at radius 1 is 1.23 bits per heavy atom. The van der Waals surface area contributed by atoms with E-state index in [4.69, 9.17) is 5.11 Å². The lowest BCUT2D eigenvalue weighted by atomic mass is 9.99. The van der Waals surface area contributed by atoms with Crippen molar-refractivity contribution in [1.82, 2.24) is 15.1 Å². The van der Waals surface area contributed by atoms with Gasteiger partial charge in [0.2, 0.25) is 0 Å². The molecule has 1 saturated heterocycles. The fourth-order valence-electron chi connectivity index (χ4n) is 3.13. The fourth-order valence-corrected chi connectivity index (χ4v) is 3.13. The number of nitrogens with zero attached hydrogens (tertiary/aromatic N) is 2. The molecule has 26 heavy (non-hydrogen) atoms. The molecule has 6 nitrogen and oxygen atoms in total. The number of rotatable bonds is 7. The van der Waals surface area contributed by atoms with Gasteiger partial charge in [0.05, 0.1) is 5.92 Å². The minimum atomic E-state index is -0.900. The van der Waals surface area contributed by atoms with Crippen molar-refractivity contribution in [3.05, 3.63) is 35.4 Å². The molecule has 0 bridgehead atoms. The first kappa shape index (κ1) is 20.2. The van der Waals surface area contributed by atoms with Crippen molar-refractivity contribution in [1.29, 1.82) is 0 Å². The average Bonchev–Trinajstić information content (AvgIpc) is 2.62. The Morgan fingerprint density at radius 2 is 1.81 bits per heavy atom. The summed E-state index contributed by atoms with van der Waals surface area (Å²) in [6, 6.07) is 8.07. The first-order chi connectivity index (χ1) is 12.3. The largest absolute Gasteiger partial charge is 0.481 e. The van der Waals surface area contributed by atoms with Crippen LogP contribution in [0.5, 0.6) is 0 Å². The van der Waals surface area contributed by atoms with Crippen LogP contribution >= 0.6 is 0 Å². The molecule has 2 rings (SSSR count). The van der Waals surface area contributed by atoms with Gasteiger partial charge in [0.15, 0.2) is 0 Å². The van der Waals surface area contributed by atoms with E-state index in [1.165, 1.54) is 36.4 Å². The van der Waals surface area contributed by atoms with Gasteiger partial charge in [-0.3, -0.25) is 9.69 Å². The minimum Gasteiger partial charge on any atom is -0.481 e. The van der Waals surface area contributed by atoms with Gasteiger partial charge in [0, 0.05) is 26.7 Å². The Balaban J connectivity index is 1.76. The normalized spacial score (nSPS) is 16.9. The highest BCUT2D eigenvalue weighted by molar-refractivity contribution is 5.75. The second kappa shape index (κ2) is 9.57. The molecule has 1 fully saturated rings. The smallest absolute Gasteiger partial charge is 0.317 e. The predicted molar refractivity (Wildman–Crippen MR) is 102 cm³/mol. The number of hydrogen-bond donors (Lipinski definition) is 2. The van der Waals surface area contributed by atoms with Crippen LogP contribution in [0, 0.1) is 11.8 Å². The first-order valence-electron chi connectivity index (χ1n) is 9.37. The van der Waals surface area contributed by atoms with Crippen LogP contribution in [0.4, 0.5) is 4.79 Å². The molecule has 0 radical (unpaired) electrons. The van der Waals surface area contributed by atoms with E-state index in [1.807, 2.05) is 12.1 Å². The van der Waals surface area contributed by atoms with Crippen molar-refractivity contribution in [2.24, 2.45) is 11.8 Å². The van der Waals surface area contributed by atoms with Crippen LogP contribution < -0.4 is 5.32 Å². The van der Waals surface area contributed by atoms with E-state index >= 15 is 0 Å². The van der Waals surface area contributed by atoms with Crippen molar-refractivity contribution in [3.8, 4) is 0 Å². The van der Waals surface area contributed by atoms with E-state index in [9.17, 15) is 9.59 Å². The molecule has 1 aromatic carbocycles. The molecule has 2 N–H and O–H groups in total. The second-order valence-electron chi connectivity index (χ2n) is 7.55. The quantitative estimate of drug-likeness (QED) is 0.783. The molecular formula is C20H31N3O3. The summed E-state index contributed by atoms with van der Waals surface area (Å²) in [5.41, 5.74) is 2.33. The molecule has 1 unspecified atom stereocenters. The number of carbonyl (C=O) groups excluding carboxylic acids is 1. The SMILES string of the molecule is CC1CCN(Cc2ccc(CNC(=O)N(C)CC(C)C(=O)O)cc2)CC1. The van der Waals surface area contributed by atoms with Crippen LogP contribution in [0.15, 0.2) is 24.3 Å². The van der Waals surface area contributed by atoms with Crippen LogP contribution in [0.1, 0.15) is 37.8 Å². The lowest BCUT2D eigenvalue weighted by Gasteiger charge is -2.30. The zero-order chi connectivity index (χ0) is 19.1. The number of benzene rings is 1. The molecule has 2 amide bonds. The highest BCUT2D eigenvalue weighted by Gasteiger charge is 2.17. The zero-order valence-electron chi connectivity index (χ0n) is 16.1. The third-order valence-electron chi connectivity index (χ3n) is 5.07. The van der Waals surface area contributed by atoms with E-state index in [0.717, 1.165) is 18.0 Å². The number of carbonyl (C=O) groups is 2. The summed E-state index contributed by atoms with van der Waals surface area (Å²) in [4.78, 5) is 26.8. The van der Waals surface area contributed by atoms with Gasteiger partial charge in [0.25, 0.3) is 0 Å². The minimum absolute atomic E-state index is 0.189.